The molecule has 27 heavy (non-hydrogen) atoms. The van der Waals surface area contributed by atoms with Gasteiger partial charge in [-0.3, -0.25) is 14.9 Å². The summed E-state index contributed by atoms with van der Waals surface area (Å²) < 4.78 is 0. The zero-order chi connectivity index (χ0) is 20.2. The molecular formula is C17H25ClN5O3S+. The summed E-state index contributed by atoms with van der Waals surface area (Å²) in [6.45, 7) is 9.25. The molecule has 10 heteroatoms. The number of quaternary nitrogens is 1. The summed E-state index contributed by atoms with van der Waals surface area (Å²) in [4.78, 5) is 25.7. The van der Waals surface area contributed by atoms with Crippen molar-refractivity contribution in [3.63, 3.8) is 0 Å². The molecular weight excluding hydrogens is 390 g/mol. The van der Waals surface area contributed by atoms with Crippen LogP contribution in [-0.4, -0.2) is 59.1 Å². The van der Waals surface area contributed by atoms with E-state index in [0.717, 1.165) is 13.1 Å². The largest absolute Gasteiger partial charge is 0.347 e. The van der Waals surface area contributed by atoms with Gasteiger partial charge in [0, 0.05) is 17.7 Å². The highest BCUT2D eigenvalue weighted by molar-refractivity contribution is 7.80. The molecule has 0 unspecified atom stereocenters. The number of hydrogen-bond acceptors (Lipinski definition) is 4. The Bertz CT molecular complexity index is 730. The lowest BCUT2D eigenvalue weighted by molar-refractivity contribution is -0.895. The number of anilines is 1. The average Bonchev–Trinajstić information content (AvgIpc) is 2.55. The molecule has 0 bridgehead atoms. The molecule has 1 aliphatic rings. The quantitative estimate of drug-likeness (QED) is 0.387. The first-order chi connectivity index (χ1) is 12.5. The van der Waals surface area contributed by atoms with Gasteiger partial charge in [0.2, 0.25) is 0 Å². The first-order valence-corrected chi connectivity index (χ1v) is 9.48. The van der Waals surface area contributed by atoms with Crippen LogP contribution in [0.15, 0.2) is 18.2 Å². The molecule has 148 valence electrons. The van der Waals surface area contributed by atoms with E-state index >= 15 is 0 Å². The van der Waals surface area contributed by atoms with E-state index in [1.165, 1.54) is 23.1 Å². The number of piperazine rings is 1. The van der Waals surface area contributed by atoms with Gasteiger partial charge in [0.05, 0.1) is 41.8 Å². The molecule has 1 aromatic carbocycles. The summed E-state index contributed by atoms with van der Waals surface area (Å²) in [6, 6.07) is 4.19. The normalized spacial score (nSPS) is 15.3. The summed E-state index contributed by atoms with van der Waals surface area (Å²) in [7, 11) is 0. The fraction of sp³-hybridized carbons (Fsp3) is 0.529. The first kappa shape index (κ1) is 21.3. The number of nitro benzene ring substituents is 1. The second-order valence-electron chi connectivity index (χ2n) is 7.56. The zero-order valence-corrected chi connectivity index (χ0v) is 17.2. The molecule has 0 aromatic heterocycles. The van der Waals surface area contributed by atoms with Gasteiger partial charge in [0.1, 0.15) is 0 Å². The zero-order valence-electron chi connectivity index (χ0n) is 15.7. The van der Waals surface area contributed by atoms with E-state index in [1.807, 2.05) is 25.7 Å². The van der Waals surface area contributed by atoms with Crippen molar-refractivity contribution < 1.29 is 14.6 Å². The van der Waals surface area contributed by atoms with E-state index in [1.54, 1.807) is 0 Å². The number of hydrogen-bond donors (Lipinski definition) is 3. The lowest BCUT2D eigenvalue weighted by atomic mass is 10.1. The van der Waals surface area contributed by atoms with Crippen LogP contribution >= 0.6 is 23.8 Å². The third-order valence-corrected chi connectivity index (χ3v) is 4.77. The summed E-state index contributed by atoms with van der Waals surface area (Å²) in [5.41, 5.74) is 0.125. The molecule has 1 amide bonds. The summed E-state index contributed by atoms with van der Waals surface area (Å²) in [5.74, 6) is 0.0371. The van der Waals surface area contributed by atoms with Gasteiger partial charge in [0.25, 0.3) is 11.6 Å². The number of rotatable bonds is 4. The predicted octanol–water partition coefficient (Wildman–Crippen LogP) is 1.06. The molecule has 1 aromatic rings. The van der Waals surface area contributed by atoms with Crippen molar-refractivity contribution in [2.75, 3.05) is 38.0 Å². The van der Waals surface area contributed by atoms with Crippen molar-refractivity contribution in [3.8, 4) is 0 Å². The number of thiocarbonyl (C=S) groups is 1. The van der Waals surface area contributed by atoms with Crippen molar-refractivity contribution in [2.24, 2.45) is 0 Å². The Hall–Kier alpha value is -1.97. The molecule has 0 saturated carbocycles. The van der Waals surface area contributed by atoms with Gasteiger partial charge in [-0.15, -0.1) is 0 Å². The van der Waals surface area contributed by atoms with Crippen molar-refractivity contribution in [1.82, 2.24) is 10.2 Å². The van der Waals surface area contributed by atoms with Crippen LogP contribution in [0.5, 0.6) is 0 Å². The SMILES string of the molecule is CC(C)(C)NC(=O)C[NH+]1CCN(C(=S)Nc2cc([N+](=O)[O-])ccc2Cl)CC1. The molecule has 3 N–H and O–H groups in total. The Kier molecular flexibility index (Phi) is 6.96. The molecule has 1 heterocycles. The molecule has 1 saturated heterocycles. The second kappa shape index (κ2) is 8.81. The third kappa shape index (κ3) is 6.60. The van der Waals surface area contributed by atoms with Gasteiger partial charge in [-0.2, -0.15) is 0 Å². The minimum atomic E-state index is -0.477. The monoisotopic (exact) mass is 414 g/mol. The van der Waals surface area contributed by atoms with Crippen LogP contribution in [0.25, 0.3) is 0 Å². The number of halogens is 1. The van der Waals surface area contributed by atoms with Crippen LogP contribution in [0.2, 0.25) is 5.02 Å². The van der Waals surface area contributed by atoms with Crippen LogP contribution in [0.4, 0.5) is 11.4 Å². The molecule has 1 aliphatic heterocycles. The maximum atomic E-state index is 12.1. The number of nitrogens with one attached hydrogen (secondary N) is 3. The standard InChI is InChI=1S/C17H24ClN5O3S/c1-17(2,3)20-15(24)11-21-6-8-22(9-7-21)16(27)19-14-10-12(23(25)26)4-5-13(14)18/h4-5,10H,6-9,11H2,1-3H3,(H,19,27)(H,20,24)/p+1. The molecule has 8 nitrogen and oxygen atoms in total. The van der Waals surface area contributed by atoms with Crippen molar-refractivity contribution in [1.29, 1.82) is 0 Å². The number of amides is 1. The van der Waals surface area contributed by atoms with Crippen molar-refractivity contribution in [2.45, 2.75) is 26.3 Å². The van der Waals surface area contributed by atoms with Gasteiger partial charge < -0.3 is 20.4 Å². The maximum Gasteiger partial charge on any atom is 0.275 e. The van der Waals surface area contributed by atoms with Gasteiger partial charge in [0.15, 0.2) is 11.7 Å². The number of nitro groups is 1. The summed E-state index contributed by atoms with van der Waals surface area (Å²) in [6.07, 6.45) is 0. The number of non-ortho nitro benzene ring substituents is 1. The summed E-state index contributed by atoms with van der Waals surface area (Å²) in [5, 5.41) is 17.7. The first-order valence-electron chi connectivity index (χ1n) is 8.69. The maximum absolute atomic E-state index is 12.1. The third-order valence-electron chi connectivity index (χ3n) is 4.09. The number of carbonyl (C=O) groups is 1. The van der Waals surface area contributed by atoms with Gasteiger partial charge in [-0.1, -0.05) is 11.6 Å². The second-order valence-corrected chi connectivity index (χ2v) is 8.36. The van der Waals surface area contributed by atoms with Crippen LogP contribution in [0, 0.1) is 10.1 Å². The Morgan fingerprint density at radius 2 is 2.00 bits per heavy atom. The minimum absolute atomic E-state index is 0.0371. The summed E-state index contributed by atoms with van der Waals surface area (Å²) >= 11 is 11.5. The highest BCUT2D eigenvalue weighted by atomic mass is 35.5. The van der Waals surface area contributed by atoms with Crippen LogP contribution in [-0.2, 0) is 4.79 Å². The molecule has 0 atom stereocenters. The van der Waals surface area contributed by atoms with Crippen molar-refractivity contribution >= 4 is 46.2 Å². The van der Waals surface area contributed by atoms with Gasteiger partial charge >= 0.3 is 0 Å². The van der Waals surface area contributed by atoms with E-state index in [-0.39, 0.29) is 17.1 Å². The Balaban J connectivity index is 1.87. The predicted molar refractivity (Wildman–Crippen MR) is 109 cm³/mol. The van der Waals surface area contributed by atoms with E-state index < -0.39 is 4.92 Å². The molecule has 0 spiro atoms. The van der Waals surface area contributed by atoms with Crippen molar-refractivity contribution in [3.05, 3.63) is 33.3 Å². The smallest absolute Gasteiger partial charge is 0.275 e. The minimum Gasteiger partial charge on any atom is -0.347 e. The molecule has 2 rings (SSSR count). The van der Waals surface area contributed by atoms with Crippen LogP contribution < -0.4 is 15.5 Å². The lowest BCUT2D eigenvalue weighted by Gasteiger charge is -2.34. The van der Waals surface area contributed by atoms with E-state index in [2.05, 4.69) is 10.6 Å². The number of nitrogens with zero attached hydrogens (tertiary/aromatic N) is 2. The fourth-order valence-electron chi connectivity index (χ4n) is 2.81. The Morgan fingerprint density at radius 1 is 1.37 bits per heavy atom. The van der Waals surface area contributed by atoms with E-state index in [4.69, 9.17) is 23.8 Å². The molecule has 1 fully saturated rings. The molecule has 0 aliphatic carbocycles. The van der Waals surface area contributed by atoms with Gasteiger partial charge in [-0.25, -0.2) is 0 Å². The molecule has 0 radical (unpaired) electrons. The Morgan fingerprint density at radius 3 is 2.56 bits per heavy atom. The number of benzene rings is 1. The average molecular weight is 415 g/mol. The Labute approximate surface area is 169 Å². The highest BCUT2D eigenvalue weighted by Gasteiger charge is 2.25. The van der Waals surface area contributed by atoms with Crippen LogP contribution in [0.1, 0.15) is 20.8 Å². The van der Waals surface area contributed by atoms with E-state index in [9.17, 15) is 14.9 Å². The topological polar surface area (TPSA) is 92.0 Å². The highest BCUT2D eigenvalue weighted by Crippen LogP contribution is 2.26. The van der Waals surface area contributed by atoms with Gasteiger partial charge in [-0.05, 0) is 39.1 Å². The lowest BCUT2D eigenvalue weighted by Crippen LogP contribution is -3.16. The van der Waals surface area contributed by atoms with E-state index in [0.29, 0.717) is 35.5 Å². The number of carbonyl (C=O) groups excluding carboxylic acids is 1. The fourth-order valence-corrected chi connectivity index (χ4v) is 3.27. The van der Waals surface area contributed by atoms with Crippen LogP contribution in [0.3, 0.4) is 0 Å².